The second-order valence-electron chi connectivity index (χ2n) is 6.34. The van der Waals surface area contributed by atoms with E-state index in [1.165, 1.54) is 0 Å². The summed E-state index contributed by atoms with van der Waals surface area (Å²) in [5, 5.41) is 11.7. The first-order chi connectivity index (χ1) is 9.90. The van der Waals surface area contributed by atoms with Crippen molar-refractivity contribution in [2.45, 2.75) is 32.4 Å². The maximum atomic E-state index is 10.7. The quantitative estimate of drug-likeness (QED) is 0.921. The van der Waals surface area contributed by atoms with Crippen molar-refractivity contribution < 1.29 is 9.84 Å². The molecule has 1 aliphatic rings. The third-order valence-electron chi connectivity index (χ3n) is 4.15. The summed E-state index contributed by atoms with van der Waals surface area (Å²) in [7, 11) is 3.76. The van der Waals surface area contributed by atoms with Gasteiger partial charge in [0.1, 0.15) is 5.75 Å². The summed E-state index contributed by atoms with van der Waals surface area (Å²) in [6.45, 7) is 5.52. The van der Waals surface area contributed by atoms with Gasteiger partial charge in [-0.1, -0.05) is 0 Å². The number of pyridine rings is 1. The van der Waals surface area contributed by atoms with E-state index in [4.69, 9.17) is 9.72 Å². The van der Waals surface area contributed by atoms with Crippen molar-refractivity contribution >= 4 is 10.9 Å². The Labute approximate surface area is 125 Å². The average Bonchev–Trinajstić information content (AvgIpc) is 2.42. The smallest absolute Gasteiger partial charge is 0.119 e. The van der Waals surface area contributed by atoms with Crippen LogP contribution in [0.5, 0.6) is 5.75 Å². The summed E-state index contributed by atoms with van der Waals surface area (Å²) >= 11 is 0. The van der Waals surface area contributed by atoms with Gasteiger partial charge in [0.25, 0.3) is 0 Å². The van der Waals surface area contributed by atoms with Crippen LogP contribution in [0.2, 0.25) is 0 Å². The molecule has 4 heteroatoms. The number of aromatic nitrogens is 1. The van der Waals surface area contributed by atoms with Gasteiger partial charge in [0.15, 0.2) is 0 Å². The summed E-state index contributed by atoms with van der Waals surface area (Å²) in [4.78, 5) is 7.08. The second kappa shape index (κ2) is 4.97. The number of hydrogen-bond donors (Lipinski definition) is 1. The van der Waals surface area contributed by atoms with Gasteiger partial charge in [-0.05, 0) is 50.2 Å². The highest BCUT2D eigenvalue weighted by molar-refractivity contribution is 5.86. The molecule has 112 valence electrons. The summed E-state index contributed by atoms with van der Waals surface area (Å²) in [5.41, 5.74) is 3.28. The van der Waals surface area contributed by atoms with Crippen LogP contribution in [-0.2, 0) is 18.6 Å². The monoisotopic (exact) mass is 286 g/mol. The number of rotatable bonds is 2. The van der Waals surface area contributed by atoms with E-state index in [1.807, 2.05) is 32.0 Å². The molecule has 0 unspecified atom stereocenters. The van der Waals surface area contributed by atoms with Crippen molar-refractivity contribution in [3.63, 3.8) is 0 Å². The minimum absolute atomic E-state index is 0.791. The molecule has 0 aliphatic carbocycles. The Balaban J connectivity index is 2.36. The summed E-state index contributed by atoms with van der Waals surface area (Å²) in [5.74, 6) is 0.791. The van der Waals surface area contributed by atoms with Gasteiger partial charge in [-0.3, -0.25) is 4.98 Å². The number of benzene rings is 1. The molecule has 21 heavy (non-hydrogen) atoms. The van der Waals surface area contributed by atoms with Gasteiger partial charge in [-0.15, -0.1) is 0 Å². The lowest BCUT2D eigenvalue weighted by Gasteiger charge is -2.31. The summed E-state index contributed by atoms with van der Waals surface area (Å²) < 4.78 is 5.34. The molecule has 2 heterocycles. The largest absolute Gasteiger partial charge is 0.497 e. The number of hydrogen-bond acceptors (Lipinski definition) is 4. The Morgan fingerprint density at radius 2 is 2.10 bits per heavy atom. The van der Waals surface area contributed by atoms with Gasteiger partial charge in [-0.2, -0.15) is 0 Å². The molecule has 0 bridgehead atoms. The highest BCUT2D eigenvalue weighted by Gasteiger charge is 2.28. The maximum absolute atomic E-state index is 10.7. The Kier molecular flexibility index (Phi) is 3.38. The van der Waals surface area contributed by atoms with Crippen molar-refractivity contribution in [2.75, 3.05) is 20.7 Å². The maximum Gasteiger partial charge on any atom is 0.119 e. The first kappa shape index (κ1) is 14.3. The normalized spacial score (nSPS) is 16.0. The van der Waals surface area contributed by atoms with E-state index in [0.717, 1.165) is 53.0 Å². The fourth-order valence-corrected chi connectivity index (χ4v) is 3.18. The van der Waals surface area contributed by atoms with Crippen LogP contribution >= 0.6 is 0 Å². The van der Waals surface area contributed by atoms with Gasteiger partial charge < -0.3 is 14.7 Å². The zero-order valence-electron chi connectivity index (χ0n) is 13.1. The molecule has 0 amide bonds. The van der Waals surface area contributed by atoms with E-state index in [0.29, 0.717) is 0 Å². The fourth-order valence-electron chi connectivity index (χ4n) is 3.18. The molecule has 0 saturated heterocycles. The molecule has 0 spiro atoms. The minimum Gasteiger partial charge on any atom is -0.497 e. The van der Waals surface area contributed by atoms with Gasteiger partial charge in [-0.25, -0.2) is 0 Å². The lowest BCUT2D eigenvalue weighted by molar-refractivity contribution is 0.0778. The Morgan fingerprint density at radius 3 is 2.76 bits per heavy atom. The third-order valence-corrected chi connectivity index (χ3v) is 4.15. The molecule has 0 radical (unpaired) electrons. The van der Waals surface area contributed by atoms with Crippen molar-refractivity contribution in [3.05, 3.63) is 35.0 Å². The molecule has 1 N–H and O–H groups in total. The Hall–Kier alpha value is -1.65. The highest BCUT2D eigenvalue weighted by Crippen LogP contribution is 2.36. The third kappa shape index (κ3) is 2.49. The zero-order valence-corrected chi connectivity index (χ0v) is 13.1. The van der Waals surface area contributed by atoms with E-state index >= 15 is 0 Å². The molecule has 4 nitrogen and oxygen atoms in total. The fraction of sp³-hybridized carbons (Fsp3) is 0.471. The first-order valence-corrected chi connectivity index (χ1v) is 7.31. The molecule has 1 aliphatic heterocycles. The van der Waals surface area contributed by atoms with Crippen molar-refractivity contribution in [3.8, 4) is 5.75 Å². The van der Waals surface area contributed by atoms with Crippen molar-refractivity contribution in [1.29, 1.82) is 0 Å². The van der Waals surface area contributed by atoms with Crippen LogP contribution in [0.4, 0.5) is 0 Å². The lowest BCUT2D eigenvalue weighted by Crippen LogP contribution is -2.31. The van der Waals surface area contributed by atoms with Crippen molar-refractivity contribution in [1.82, 2.24) is 9.88 Å². The average molecular weight is 286 g/mol. The first-order valence-electron chi connectivity index (χ1n) is 7.31. The number of likely N-dealkylation sites (N-methyl/N-ethyl adjacent to an activating group) is 1. The van der Waals surface area contributed by atoms with E-state index in [9.17, 15) is 5.11 Å². The van der Waals surface area contributed by atoms with Crippen LogP contribution in [0.1, 0.15) is 30.7 Å². The van der Waals surface area contributed by atoms with Crippen LogP contribution in [0, 0.1) is 0 Å². The Morgan fingerprint density at radius 1 is 1.33 bits per heavy atom. The van der Waals surface area contributed by atoms with E-state index in [1.54, 1.807) is 7.11 Å². The van der Waals surface area contributed by atoms with Gasteiger partial charge in [0.2, 0.25) is 0 Å². The molecule has 0 fully saturated rings. The van der Waals surface area contributed by atoms with E-state index < -0.39 is 5.60 Å². The topological polar surface area (TPSA) is 45.6 Å². The standard InChI is InChI=1S/C17H22N2O2/c1-17(2,20)16-12-9-11(21-4)5-6-14(12)18-15-7-8-19(3)10-13(15)16/h5-6,9,20H,7-8,10H2,1-4H3. The van der Waals surface area contributed by atoms with Crippen LogP contribution in [0.3, 0.4) is 0 Å². The number of fused-ring (bicyclic) bond motifs is 2. The van der Waals surface area contributed by atoms with Crippen LogP contribution < -0.4 is 4.74 Å². The number of nitrogens with zero attached hydrogens (tertiary/aromatic N) is 2. The summed E-state index contributed by atoms with van der Waals surface area (Å²) in [6.07, 6.45) is 0.927. The zero-order chi connectivity index (χ0) is 15.2. The van der Waals surface area contributed by atoms with Crippen LogP contribution in [0.15, 0.2) is 18.2 Å². The molecule has 0 saturated carbocycles. The minimum atomic E-state index is -0.907. The van der Waals surface area contributed by atoms with Gasteiger partial charge >= 0.3 is 0 Å². The van der Waals surface area contributed by atoms with Crippen LogP contribution in [0.25, 0.3) is 10.9 Å². The van der Waals surface area contributed by atoms with E-state index in [2.05, 4.69) is 11.9 Å². The second-order valence-corrected chi connectivity index (χ2v) is 6.34. The van der Waals surface area contributed by atoms with Crippen LogP contribution in [-0.4, -0.2) is 35.7 Å². The summed E-state index contributed by atoms with van der Waals surface area (Å²) in [6, 6.07) is 5.87. The predicted molar refractivity (Wildman–Crippen MR) is 83.6 cm³/mol. The molecular weight excluding hydrogens is 264 g/mol. The highest BCUT2D eigenvalue weighted by atomic mass is 16.5. The lowest BCUT2D eigenvalue weighted by atomic mass is 9.86. The molecule has 0 atom stereocenters. The molecule has 1 aromatic heterocycles. The molecular formula is C17H22N2O2. The predicted octanol–water partition coefficient (Wildman–Crippen LogP) is 2.46. The van der Waals surface area contributed by atoms with Gasteiger partial charge in [0, 0.05) is 30.6 Å². The number of ether oxygens (including phenoxy) is 1. The Bertz CT molecular complexity index is 689. The number of aliphatic hydroxyl groups is 1. The molecule has 1 aromatic carbocycles. The molecule has 2 aromatic rings. The molecule has 3 rings (SSSR count). The van der Waals surface area contributed by atoms with Gasteiger partial charge in [0.05, 0.1) is 18.2 Å². The number of methoxy groups -OCH3 is 1. The van der Waals surface area contributed by atoms with Crippen molar-refractivity contribution in [2.24, 2.45) is 0 Å². The SMILES string of the molecule is COc1ccc2nc3c(c(C(C)(C)O)c2c1)CN(C)CC3. The van der Waals surface area contributed by atoms with E-state index in [-0.39, 0.29) is 0 Å².